The van der Waals surface area contributed by atoms with Gasteiger partial charge in [0, 0.05) is 28.7 Å². The van der Waals surface area contributed by atoms with Crippen LogP contribution in [-0.4, -0.2) is 28.8 Å². The molecule has 0 amide bonds. The van der Waals surface area contributed by atoms with Gasteiger partial charge in [-0.15, -0.1) is 0 Å². The summed E-state index contributed by atoms with van der Waals surface area (Å²) in [6.45, 7) is 2.24. The van der Waals surface area contributed by atoms with Gasteiger partial charge in [-0.1, -0.05) is 57.6 Å². The minimum Gasteiger partial charge on any atom is -0.469 e. The normalized spacial score (nSPS) is 12.6. The smallest absolute Gasteiger partial charge is 0.305 e. The Kier molecular flexibility index (Phi) is 16.2. The molecular weight excluding hydrogens is 296 g/mol. The van der Waals surface area contributed by atoms with Gasteiger partial charge in [-0.05, 0) is 25.7 Å². The number of ether oxygens (including phenoxy) is 1. The summed E-state index contributed by atoms with van der Waals surface area (Å²) in [6, 6.07) is 0. The van der Waals surface area contributed by atoms with Crippen molar-refractivity contribution < 1.29 is 13.7 Å². The van der Waals surface area contributed by atoms with Gasteiger partial charge in [0.15, 0.2) is 0 Å². The first-order valence-electron chi connectivity index (χ1n) is 8.77. The van der Waals surface area contributed by atoms with E-state index in [0.717, 1.165) is 31.4 Å². The summed E-state index contributed by atoms with van der Waals surface area (Å²) in [5, 5.41) is 0. The van der Waals surface area contributed by atoms with Crippen molar-refractivity contribution in [2.75, 3.05) is 18.6 Å². The van der Waals surface area contributed by atoms with E-state index < -0.39 is 10.8 Å². The number of allylic oxidation sites excluding steroid dienone is 1. The molecule has 22 heavy (non-hydrogen) atoms. The Balaban J connectivity index is 3.34. The Morgan fingerprint density at radius 3 is 2.36 bits per heavy atom. The number of rotatable bonds is 15. The molecule has 0 aromatic carbocycles. The number of hydrogen-bond acceptors (Lipinski definition) is 3. The first-order valence-corrected chi connectivity index (χ1v) is 10.3. The van der Waals surface area contributed by atoms with E-state index in [0.29, 0.717) is 12.2 Å². The van der Waals surface area contributed by atoms with E-state index >= 15 is 0 Å². The molecule has 0 N–H and O–H groups in total. The Morgan fingerprint density at radius 1 is 0.955 bits per heavy atom. The largest absolute Gasteiger partial charge is 0.469 e. The van der Waals surface area contributed by atoms with Gasteiger partial charge in [0.1, 0.15) is 0 Å². The highest BCUT2D eigenvalue weighted by molar-refractivity contribution is 7.85. The van der Waals surface area contributed by atoms with Gasteiger partial charge < -0.3 is 4.74 Å². The van der Waals surface area contributed by atoms with Crippen LogP contribution in [0.15, 0.2) is 12.2 Å². The van der Waals surface area contributed by atoms with Crippen molar-refractivity contribution in [3.05, 3.63) is 12.2 Å². The van der Waals surface area contributed by atoms with Crippen LogP contribution in [0, 0.1) is 0 Å². The van der Waals surface area contributed by atoms with Gasteiger partial charge in [0.2, 0.25) is 0 Å². The maximum atomic E-state index is 11.8. The Hall–Kier alpha value is -0.640. The summed E-state index contributed by atoms with van der Waals surface area (Å²) in [4.78, 5) is 10.9. The van der Waals surface area contributed by atoms with Gasteiger partial charge in [-0.3, -0.25) is 9.00 Å². The lowest BCUT2D eigenvalue weighted by Gasteiger charge is -2.00. The van der Waals surface area contributed by atoms with E-state index in [9.17, 15) is 9.00 Å². The predicted molar refractivity (Wildman–Crippen MR) is 95.5 cm³/mol. The lowest BCUT2D eigenvalue weighted by atomic mass is 10.1. The first kappa shape index (κ1) is 21.4. The van der Waals surface area contributed by atoms with E-state index in [1.807, 2.05) is 0 Å². The molecule has 0 fully saturated rings. The number of esters is 1. The fourth-order valence-corrected chi connectivity index (χ4v) is 3.27. The summed E-state index contributed by atoms with van der Waals surface area (Å²) < 4.78 is 16.4. The van der Waals surface area contributed by atoms with Gasteiger partial charge in [-0.25, -0.2) is 0 Å². The molecule has 0 aromatic heterocycles. The number of carbonyl (C=O) groups excluding carboxylic acids is 1. The standard InChI is InChI=1S/C18H34O3S/c1-3-4-5-6-7-8-9-10-13-16-22(20)17-14-11-12-15-18(19)21-2/h10,13H,3-9,11-12,14-17H2,1-2H3/b13-10-. The number of methoxy groups -OCH3 is 1. The maximum absolute atomic E-state index is 11.8. The second-order valence-corrected chi connectivity index (χ2v) is 7.35. The average molecular weight is 331 g/mol. The van der Waals surface area contributed by atoms with Crippen LogP contribution in [0.5, 0.6) is 0 Å². The van der Waals surface area contributed by atoms with Crippen LogP contribution in [0.25, 0.3) is 0 Å². The van der Waals surface area contributed by atoms with Crippen molar-refractivity contribution in [2.45, 2.75) is 77.6 Å². The molecule has 0 aromatic rings. The predicted octanol–water partition coefficient (Wildman–Crippen LogP) is 4.78. The Morgan fingerprint density at radius 2 is 1.64 bits per heavy atom. The molecule has 3 nitrogen and oxygen atoms in total. The second-order valence-electron chi connectivity index (χ2n) is 5.73. The van der Waals surface area contributed by atoms with E-state index in [1.165, 1.54) is 45.6 Å². The van der Waals surface area contributed by atoms with Crippen molar-refractivity contribution in [1.82, 2.24) is 0 Å². The molecule has 0 bridgehead atoms. The second kappa shape index (κ2) is 16.7. The fourth-order valence-electron chi connectivity index (χ4n) is 2.23. The molecule has 0 saturated heterocycles. The third-order valence-electron chi connectivity index (χ3n) is 3.65. The lowest BCUT2D eigenvalue weighted by Crippen LogP contribution is -2.02. The highest BCUT2D eigenvalue weighted by Gasteiger charge is 2.01. The van der Waals surface area contributed by atoms with Crippen LogP contribution in [0.1, 0.15) is 77.6 Å². The molecular formula is C18H34O3S. The van der Waals surface area contributed by atoms with Crippen LogP contribution < -0.4 is 0 Å². The van der Waals surface area contributed by atoms with Crippen molar-refractivity contribution >= 4 is 16.8 Å². The van der Waals surface area contributed by atoms with Crippen molar-refractivity contribution in [2.24, 2.45) is 0 Å². The van der Waals surface area contributed by atoms with Crippen LogP contribution >= 0.6 is 0 Å². The molecule has 0 radical (unpaired) electrons. The van der Waals surface area contributed by atoms with Crippen molar-refractivity contribution in [3.8, 4) is 0 Å². The summed E-state index contributed by atoms with van der Waals surface area (Å²) in [7, 11) is 0.661. The van der Waals surface area contributed by atoms with E-state index in [2.05, 4.69) is 23.8 Å². The molecule has 1 unspecified atom stereocenters. The quantitative estimate of drug-likeness (QED) is 0.247. The summed E-state index contributed by atoms with van der Waals surface area (Å²) in [5.41, 5.74) is 0. The lowest BCUT2D eigenvalue weighted by molar-refractivity contribution is -0.140. The topological polar surface area (TPSA) is 43.4 Å². The number of unbranched alkanes of at least 4 members (excludes halogenated alkanes) is 8. The number of carbonyl (C=O) groups is 1. The van der Waals surface area contributed by atoms with Gasteiger partial charge in [-0.2, -0.15) is 0 Å². The van der Waals surface area contributed by atoms with Gasteiger partial charge in [0.25, 0.3) is 0 Å². The molecule has 0 saturated carbocycles. The molecule has 0 heterocycles. The van der Waals surface area contributed by atoms with Crippen molar-refractivity contribution in [1.29, 1.82) is 0 Å². The molecule has 130 valence electrons. The third kappa shape index (κ3) is 15.7. The first-order chi connectivity index (χ1) is 10.7. The highest BCUT2D eigenvalue weighted by atomic mass is 32.2. The minimum atomic E-state index is -0.750. The van der Waals surface area contributed by atoms with Crippen molar-refractivity contribution in [3.63, 3.8) is 0 Å². The monoisotopic (exact) mass is 330 g/mol. The number of hydrogen-bond donors (Lipinski definition) is 0. The molecule has 0 aliphatic heterocycles. The minimum absolute atomic E-state index is 0.154. The molecule has 0 rings (SSSR count). The van der Waals surface area contributed by atoms with Crippen LogP contribution in [0.2, 0.25) is 0 Å². The molecule has 1 atom stereocenters. The van der Waals surface area contributed by atoms with Crippen LogP contribution in [-0.2, 0) is 20.3 Å². The average Bonchev–Trinajstić information content (AvgIpc) is 2.52. The molecule has 0 spiro atoms. The summed E-state index contributed by atoms with van der Waals surface area (Å²) in [6.07, 6.45) is 16.5. The van der Waals surface area contributed by atoms with Gasteiger partial charge >= 0.3 is 5.97 Å². The highest BCUT2D eigenvalue weighted by Crippen LogP contribution is 2.07. The van der Waals surface area contributed by atoms with Crippen LogP contribution in [0.3, 0.4) is 0 Å². The van der Waals surface area contributed by atoms with Gasteiger partial charge in [0.05, 0.1) is 7.11 Å². The fraction of sp³-hybridized carbons (Fsp3) is 0.833. The maximum Gasteiger partial charge on any atom is 0.305 e. The zero-order valence-corrected chi connectivity index (χ0v) is 15.3. The molecule has 4 heteroatoms. The zero-order chi connectivity index (χ0) is 16.5. The molecule has 0 aliphatic rings. The summed E-state index contributed by atoms with van der Waals surface area (Å²) >= 11 is 0. The zero-order valence-electron chi connectivity index (χ0n) is 14.5. The summed E-state index contributed by atoms with van der Waals surface area (Å²) in [5.74, 6) is 1.26. The molecule has 0 aliphatic carbocycles. The Labute approximate surface area is 139 Å². The van der Waals surface area contributed by atoms with E-state index in [1.54, 1.807) is 0 Å². The SMILES string of the molecule is CCCCCCCC/C=C\CS(=O)CCCCCC(=O)OC. The van der Waals surface area contributed by atoms with E-state index in [4.69, 9.17) is 0 Å². The van der Waals surface area contributed by atoms with E-state index in [-0.39, 0.29) is 5.97 Å². The third-order valence-corrected chi connectivity index (χ3v) is 4.96. The van der Waals surface area contributed by atoms with Crippen LogP contribution in [0.4, 0.5) is 0 Å². The Bertz CT molecular complexity index is 313.